The third-order valence-corrected chi connectivity index (χ3v) is 6.70. The molecule has 0 aliphatic heterocycles. The molecule has 0 amide bonds. The van der Waals surface area contributed by atoms with Crippen molar-refractivity contribution in [3.63, 3.8) is 0 Å². The number of hydrogen-bond acceptors (Lipinski definition) is 4. The first-order valence-corrected chi connectivity index (χ1v) is 11.3. The third-order valence-electron chi connectivity index (χ3n) is 6.12. The number of nitrogens with zero attached hydrogens (tertiary/aromatic N) is 5. The fourth-order valence-corrected chi connectivity index (χ4v) is 4.65. The van der Waals surface area contributed by atoms with Gasteiger partial charge >= 0.3 is 0 Å². The highest BCUT2D eigenvalue weighted by Crippen LogP contribution is 2.41. The van der Waals surface area contributed by atoms with Crippen molar-refractivity contribution in [1.82, 2.24) is 19.6 Å². The first-order chi connectivity index (χ1) is 15.6. The predicted molar refractivity (Wildman–Crippen MR) is 130 cm³/mol. The van der Waals surface area contributed by atoms with E-state index >= 15 is 0 Å². The zero-order valence-electron chi connectivity index (χ0n) is 17.3. The Kier molecular flexibility index (Phi) is 4.56. The Morgan fingerprint density at radius 3 is 2.50 bits per heavy atom. The molecule has 0 radical (unpaired) electrons. The highest BCUT2D eigenvalue weighted by Gasteiger charge is 2.23. The molecule has 2 aromatic heterocycles. The van der Waals surface area contributed by atoms with Crippen molar-refractivity contribution >= 4 is 51.4 Å². The van der Waals surface area contributed by atoms with Gasteiger partial charge in [-0.3, -0.25) is 0 Å². The molecule has 32 heavy (non-hydrogen) atoms. The second-order valence-electron chi connectivity index (χ2n) is 8.18. The van der Waals surface area contributed by atoms with Crippen LogP contribution in [-0.4, -0.2) is 26.6 Å². The van der Waals surface area contributed by atoms with Gasteiger partial charge in [0.2, 0.25) is 5.28 Å². The summed E-state index contributed by atoms with van der Waals surface area (Å²) in [6, 6.07) is 22.8. The monoisotopic (exact) mass is 459 g/mol. The van der Waals surface area contributed by atoms with Gasteiger partial charge in [-0.2, -0.15) is 4.98 Å². The Morgan fingerprint density at radius 1 is 0.938 bits per heavy atom. The van der Waals surface area contributed by atoms with Gasteiger partial charge in [0.05, 0.1) is 5.52 Å². The van der Waals surface area contributed by atoms with Crippen LogP contribution in [0.5, 0.6) is 0 Å². The van der Waals surface area contributed by atoms with Gasteiger partial charge in [-0.1, -0.05) is 48.0 Å². The molecule has 0 saturated heterocycles. The molecule has 3 aromatic carbocycles. The number of hydrogen-bond donors (Lipinski definition) is 0. The Hall–Kier alpha value is -3.15. The summed E-state index contributed by atoms with van der Waals surface area (Å²) in [5.74, 6) is 1.96. The first-order valence-electron chi connectivity index (χ1n) is 10.5. The van der Waals surface area contributed by atoms with Gasteiger partial charge in [0, 0.05) is 28.7 Å². The van der Waals surface area contributed by atoms with Crippen molar-refractivity contribution < 1.29 is 0 Å². The largest absolute Gasteiger partial charge is 0.329 e. The lowest BCUT2D eigenvalue weighted by atomic mass is 10.0. The number of benzene rings is 3. The molecule has 6 rings (SSSR count). The van der Waals surface area contributed by atoms with E-state index in [0.29, 0.717) is 11.1 Å². The highest BCUT2D eigenvalue weighted by atomic mass is 35.5. The summed E-state index contributed by atoms with van der Waals surface area (Å²) in [5.41, 5.74) is 5.39. The normalized spacial score (nSPS) is 13.7. The van der Waals surface area contributed by atoms with E-state index in [1.807, 2.05) is 48.3 Å². The van der Waals surface area contributed by atoms with Crippen LogP contribution in [-0.2, 0) is 0 Å². The fraction of sp³-hybridized carbons (Fsp3) is 0.160. The standard InChI is InChI=1S/C25H19Cl2N5/c1-31(23-19-4-2-3-5-22(19)32-24(27)29-30-25(32)28-23)18-12-13-21(26)20(14-18)17-10-8-16(9-11-17)15-6-7-15/h2-5,8-15H,6-7H2,1H3. The highest BCUT2D eigenvalue weighted by molar-refractivity contribution is 6.33. The summed E-state index contributed by atoms with van der Waals surface area (Å²) in [6.07, 6.45) is 2.59. The molecule has 0 spiro atoms. The molecule has 0 unspecified atom stereocenters. The number of para-hydroxylation sites is 1. The molecule has 5 nitrogen and oxygen atoms in total. The summed E-state index contributed by atoms with van der Waals surface area (Å²) in [5, 5.41) is 10.1. The predicted octanol–water partition coefficient (Wildman–Crippen LogP) is 6.90. The van der Waals surface area contributed by atoms with Gasteiger partial charge in [-0.05, 0) is 71.8 Å². The van der Waals surface area contributed by atoms with Crippen LogP contribution in [0.4, 0.5) is 11.5 Å². The summed E-state index contributed by atoms with van der Waals surface area (Å²) in [7, 11) is 1.99. The van der Waals surface area contributed by atoms with Crippen molar-refractivity contribution in [2.45, 2.75) is 18.8 Å². The summed E-state index contributed by atoms with van der Waals surface area (Å²) < 4.78 is 1.75. The Bertz CT molecular complexity index is 1470. The molecule has 5 aromatic rings. The Morgan fingerprint density at radius 2 is 1.72 bits per heavy atom. The van der Waals surface area contributed by atoms with Crippen LogP contribution in [0.3, 0.4) is 0 Å². The van der Waals surface area contributed by atoms with Gasteiger partial charge in [0.1, 0.15) is 5.82 Å². The van der Waals surface area contributed by atoms with Crippen molar-refractivity contribution in [2.75, 3.05) is 11.9 Å². The number of anilines is 2. The molecule has 2 heterocycles. The maximum absolute atomic E-state index is 6.60. The van der Waals surface area contributed by atoms with Gasteiger partial charge in [0.25, 0.3) is 5.78 Å². The molecule has 158 valence electrons. The van der Waals surface area contributed by atoms with Crippen molar-refractivity contribution in [2.24, 2.45) is 0 Å². The first kappa shape index (κ1) is 19.5. The molecular weight excluding hydrogens is 441 g/mol. The lowest BCUT2D eigenvalue weighted by Gasteiger charge is -2.21. The smallest absolute Gasteiger partial charge is 0.258 e. The SMILES string of the molecule is CN(c1ccc(Cl)c(-c2ccc(C3CC3)cc2)c1)c1nc2nnc(Cl)n2c2ccccc12. The number of fused-ring (bicyclic) bond motifs is 3. The van der Waals surface area contributed by atoms with E-state index in [1.54, 1.807) is 4.40 Å². The molecule has 1 fully saturated rings. The van der Waals surface area contributed by atoms with Crippen molar-refractivity contribution in [3.8, 4) is 11.1 Å². The lowest BCUT2D eigenvalue weighted by Crippen LogP contribution is -2.13. The van der Waals surface area contributed by atoms with Crippen LogP contribution in [0.2, 0.25) is 10.3 Å². The molecule has 0 N–H and O–H groups in total. The van der Waals surface area contributed by atoms with Crippen LogP contribution in [0, 0.1) is 0 Å². The zero-order valence-corrected chi connectivity index (χ0v) is 18.8. The van der Waals surface area contributed by atoms with Gasteiger partial charge in [0.15, 0.2) is 0 Å². The fourth-order valence-electron chi connectivity index (χ4n) is 4.22. The molecule has 1 saturated carbocycles. The summed E-state index contributed by atoms with van der Waals surface area (Å²) >= 11 is 12.9. The zero-order chi connectivity index (χ0) is 21.8. The van der Waals surface area contributed by atoms with Gasteiger partial charge in [-0.15, -0.1) is 10.2 Å². The Labute approximate surface area is 195 Å². The topological polar surface area (TPSA) is 46.3 Å². The molecule has 1 aliphatic carbocycles. The van der Waals surface area contributed by atoms with E-state index in [-0.39, 0.29) is 0 Å². The Balaban J connectivity index is 1.46. The molecule has 0 atom stereocenters. The van der Waals surface area contributed by atoms with E-state index in [1.165, 1.54) is 18.4 Å². The minimum Gasteiger partial charge on any atom is -0.329 e. The average Bonchev–Trinajstić information content (AvgIpc) is 3.61. The second-order valence-corrected chi connectivity index (χ2v) is 8.92. The number of aromatic nitrogens is 4. The number of halogens is 2. The van der Waals surface area contributed by atoms with Crippen LogP contribution in [0.15, 0.2) is 66.7 Å². The summed E-state index contributed by atoms with van der Waals surface area (Å²) in [4.78, 5) is 6.81. The van der Waals surface area contributed by atoms with Gasteiger partial charge < -0.3 is 4.90 Å². The average molecular weight is 460 g/mol. The molecule has 7 heteroatoms. The van der Waals surface area contributed by atoms with E-state index < -0.39 is 0 Å². The van der Waals surface area contributed by atoms with Gasteiger partial charge in [-0.25, -0.2) is 4.40 Å². The number of rotatable bonds is 4. The minimum absolute atomic E-state index is 0.293. The quantitative estimate of drug-likeness (QED) is 0.293. The maximum atomic E-state index is 6.60. The summed E-state index contributed by atoms with van der Waals surface area (Å²) in [6.45, 7) is 0. The molecule has 1 aliphatic rings. The van der Waals surface area contributed by atoms with Crippen LogP contribution < -0.4 is 4.90 Å². The van der Waals surface area contributed by atoms with E-state index in [0.717, 1.165) is 44.5 Å². The van der Waals surface area contributed by atoms with Crippen molar-refractivity contribution in [1.29, 1.82) is 0 Å². The van der Waals surface area contributed by atoms with E-state index in [4.69, 9.17) is 28.2 Å². The molecule has 0 bridgehead atoms. The van der Waals surface area contributed by atoms with Crippen molar-refractivity contribution in [3.05, 3.63) is 82.6 Å². The lowest BCUT2D eigenvalue weighted by molar-refractivity contribution is 1.08. The van der Waals surface area contributed by atoms with Crippen LogP contribution >= 0.6 is 23.2 Å². The van der Waals surface area contributed by atoms with E-state index in [2.05, 4.69) is 40.5 Å². The maximum Gasteiger partial charge on any atom is 0.258 e. The van der Waals surface area contributed by atoms with Crippen LogP contribution in [0.1, 0.15) is 24.3 Å². The second kappa shape index (κ2) is 7.47. The minimum atomic E-state index is 0.293. The van der Waals surface area contributed by atoms with E-state index in [9.17, 15) is 0 Å². The molecular formula is C25H19Cl2N5. The third kappa shape index (κ3) is 3.20. The van der Waals surface area contributed by atoms with Crippen LogP contribution in [0.25, 0.3) is 27.8 Å².